The van der Waals surface area contributed by atoms with E-state index in [0.29, 0.717) is 5.84 Å². The summed E-state index contributed by atoms with van der Waals surface area (Å²) in [5.41, 5.74) is 8.59. The highest BCUT2D eigenvalue weighted by Crippen LogP contribution is 2.23. The standard InChI is InChI=1S/C12H14ClN5/c1-2-9-3-4-10(18-7-15-16-8-18)5-11(9)17-12(14)6-13/h3-5,7-8H,2,6H2,1H3,(H2,14,17). The molecule has 2 aromatic rings. The maximum absolute atomic E-state index is 5.68. The van der Waals surface area contributed by atoms with Crippen molar-refractivity contribution in [3.05, 3.63) is 36.4 Å². The van der Waals surface area contributed by atoms with E-state index in [1.807, 2.05) is 22.8 Å². The van der Waals surface area contributed by atoms with Gasteiger partial charge in [-0.25, -0.2) is 4.99 Å². The zero-order valence-electron chi connectivity index (χ0n) is 10.0. The molecule has 0 saturated heterocycles. The topological polar surface area (TPSA) is 69.1 Å². The molecule has 0 aliphatic rings. The Morgan fingerprint density at radius 1 is 1.39 bits per heavy atom. The van der Waals surface area contributed by atoms with E-state index < -0.39 is 0 Å². The average Bonchev–Trinajstić information content (AvgIpc) is 2.92. The largest absolute Gasteiger partial charge is 0.386 e. The molecule has 2 rings (SSSR count). The summed E-state index contributed by atoms with van der Waals surface area (Å²) in [5, 5.41) is 7.56. The highest BCUT2D eigenvalue weighted by molar-refractivity contribution is 6.28. The molecule has 6 heteroatoms. The van der Waals surface area contributed by atoms with Crippen LogP contribution in [0.4, 0.5) is 5.69 Å². The maximum atomic E-state index is 5.68. The quantitative estimate of drug-likeness (QED) is 0.521. The summed E-state index contributed by atoms with van der Waals surface area (Å²) in [6, 6.07) is 5.97. The SMILES string of the molecule is CCc1ccc(-n2cnnc2)cc1N=C(N)CCl. The van der Waals surface area contributed by atoms with Crippen LogP contribution in [0.1, 0.15) is 12.5 Å². The molecule has 0 amide bonds. The number of hydrogen-bond donors (Lipinski definition) is 1. The predicted octanol–water partition coefficient (Wildman–Crippen LogP) is 2.06. The first-order valence-corrected chi connectivity index (χ1v) is 6.15. The van der Waals surface area contributed by atoms with Crippen LogP contribution in [0.2, 0.25) is 0 Å². The zero-order valence-corrected chi connectivity index (χ0v) is 10.8. The van der Waals surface area contributed by atoms with Crippen LogP contribution in [0.3, 0.4) is 0 Å². The van der Waals surface area contributed by atoms with Gasteiger partial charge in [-0.2, -0.15) is 0 Å². The fourth-order valence-corrected chi connectivity index (χ4v) is 1.69. The molecule has 1 heterocycles. The van der Waals surface area contributed by atoms with Crippen LogP contribution >= 0.6 is 11.6 Å². The molecule has 5 nitrogen and oxygen atoms in total. The summed E-state index contributed by atoms with van der Waals surface area (Å²) >= 11 is 5.66. The highest BCUT2D eigenvalue weighted by Gasteiger charge is 2.04. The van der Waals surface area contributed by atoms with Crippen LogP contribution in [0, 0.1) is 0 Å². The number of aryl methyl sites for hydroxylation is 1. The molecule has 94 valence electrons. The molecule has 2 N–H and O–H groups in total. The normalized spacial score (nSPS) is 11.8. The van der Waals surface area contributed by atoms with E-state index in [4.69, 9.17) is 17.3 Å². The molecule has 0 bridgehead atoms. The van der Waals surface area contributed by atoms with Crippen molar-refractivity contribution in [1.82, 2.24) is 14.8 Å². The van der Waals surface area contributed by atoms with Gasteiger partial charge in [-0.05, 0) is 24.1 Å². The van der Waals surface area contributed by atoms with E-state index in [2.05, 4.69) is 22.1 Å². The number of benzene rings is 1. The van der Waals surface area contributed by atoms with E-state index in [0.717, 1.165) is 23.4 Å². The fourth-order valence-electron chi connectivity index (χ4n) is 1.63. The lowest BCUT2D eigenvalue weighted by Gasteiger charge is -2.07. The monoisotopic (exact) mass is 263 g/mol. The first-order valence-electron chi connectivity index (χ1n) is 5.61. The number of aliphatic imine (C=N–C) groups is 1. The Bertz CT molecular complexity index is 548. The van der Waals surface area contributed by atoms with Crippen molar-refractivity contribution in [2.45, 2.75) is 13.3 Å². The third kappa shape index (κ3) is 2.68. The van der Waals surface area contributed by atoms with Gasteiger partial charge in [-0.1, -0.05) is 13.0 Å². The van der Waals surface area contributed by atoms with Gasteiger partial charge in [0.25, 0.3) is 0 Å². The summed E-state index contributed by atoms with van der Waals surface area (Å²) in [4.78, 5) is 4.33. The molecule has 0 aliphatic heterocycles. The summed E-state index contributed by atoms with van der Waals surface area (Å²) in [6.07, 6.45) is 4.16. The van der Waals surface area contributed by atoms with Gasteiger partial charge in [0.15, 0.2) is 0 Å². The van der Waals surface area contributed by atoms with Gasteiger partial charge in [0.1, 0.15) is 18.5 Å². The molecule has 0 saturated carbocycles. The molecule has 0 radical (unpaired) electrons. The summed E-state index contributed by atoms with van der Waals surface area (Å²) < 4.78 is 1.81. The van der Waals surface area contributed by atoms with Crippen LogP contribution in [-0.2, 0) is 6.42 Å². The number of aromatic nitrogens is 3. The van der Waals surface area contributed by atoms with Crippen LogP contribution in [0.25, 0.3) is 5.69 Å². The number of nitrogens with two attached hydrogens (primary N) is 1. The maximum Gasteiger partial charge on any atom is 0.123 e. The first-order chi connectivity index (χ1) is 8.74. The van der Waals surface area contributed by atoms with Gasteiger partial charge in [0.05, 0.1) is 17.3 Å². The van der Waals surface area contributed by atoms with Crippen molar-refractivity contribution in [2.24, 2.45) is 10.7 Å². The van der Waals surface area contributed by atoms with Crippen LogP contribution in [0.5, 0.6) is 0 Å². The number of hydrogen-bond acceptors (Lipinski definition) is 3. The van der Waals surface area contributed by atoms with Gasteiger partial charge in [-0.15, -0.1) is 21.8 Å². The lowest BCUT2D eigenvalue weighted by atomic mass is 10.1. The first kappa shape index (κ1) is 12.6. The Hall–Kier alpha value is -1.88. The molecule has 0 fully saturated rings. The van der Waals surface area contributed by atoms with Crippen molar-refractivity contribution in [3.8, 4) is 5.69 Å². The number of halogens is 1. The number of nitrogens with zero attached hydrogens (tertiary/aromatic N) is 4. The molecular formula is C12H14ClN5. The van der Waals surface area contributed by atoms with Crippen LogP contribution < -0.4 is 5.73 Å². The molecular weight excluding hydrogens is 250 g/mol. The Balaban J connectivity index is 2.46. The van der Waals surface area contributed by atoms with Gasteiger partial charge < -0.3 is 5.73 Å². The second-order valence-electron chi connectivity index (χ2n) is 3.77. The predicted molar refractivity (Wildman–Crippen MR) is 72.7 cm³/mol. The van der Waals surface area contributed by atoms with E-state index >= 15 is 0 Å². The molecule has 0 aliphatic carbocycles. The van der Waals surface area contributed by atoms with E-state index in [9.17, 15) is 0 Å². The van der Waals surface area contributed by atoms with Gasteiger partial charge >= 0.3 is 0 Å². The fraction of sp³-hybridized carbons (Fsp3) is 0.250. The van der Waals surface area contributed by atoms with Crippen LogP contribution in [0.15, 0.2) is 35.8 Å². The lowest BCUT2D eigenvalue weighted by molar-refractivity contribution is 1.04. The molecule has 0 atom stereocenters. The van der Waals surface area contributed by atoms with Gasteiger partial charge in [-0.3, -0.25) is 4.57 Å². The van der Waals surface area contributed by atoms with Gasteiger partial charge in [0.2, 0.25) is 0 Å². The van der Waals surface area contributed by atoms with Crippen molar-refractivity contribution < 1.29 is 0 Å². The Morgan fingerprint density at radius 3 is 2.72 bits per heavy atom. The molecule has 1 aromatic carbocycles. The van der Waals surface area contributed by atoms with E-state index in [1.165, 1.54) is 0 Å². The molecule has 0 spiro atoms. The highest BCUT2D eigenvalue weighted by atomic mass is 35.5. The van der Waals surface area contributed by atoms with Crippen molar-refractivity contribution in [3.63, 3.8) is 0 Å². The summed E-state index contributed by atoms with van der Waals surface area (Å²) in [5.74, 6) is 0.632. The minimum Gasteiger partial charge on any atom is -0.386 e. The smallest absolute Gasteiger partial charge is 0.123 e. The second-order valence-corrected chi connectivity index (χ2v) is 4.04. The molecule has 18 heavy (non-hydrogen) atoms. The zero-order chi connectivity index (χ0) is 13.0. The van der Waals surface area contributed by atoms with Crippen molar-refractivity contribution in [2.75, 3.05) is 5.88 Å². The Morgan fingerprint density at radius 2 is 2.11 bits per heavy atom. The number of alkyl halides is 1. The van der Waals surface area contributed by atoms with E-state index in [1.54, 1.807) is 12.7 Å². The van der Waals surface area contributed by atoms with Gasteiger partial charge in [0, 0.05) is 0 Å². The summed E-state index contributed by atoms with van der Waals surface area (Å²) in [7, 11) is 0. The number of amidine groups is 1. The van der Waals surface area contributed by atoms with Crippen molar-refractivity contribution in [1.29, 1.82) is 0 Å². The van der Waals surface area contributed by atoms with Crippen molar-refractivity contribution >= 4 is 23.1 Å². The Labute approximate surface area is 110 Å². The minimum atomic E-state index is 0.222. The third-order valence-corrected chi connectivity index (χ3v) is 2.84. The third-order valence-electron chi connectivity index (χ3n) is 2.57. The number of rotatable bonds is 4. The summed E-state index contributed by atoms with van der Waals surface area (Å²) in [6.45, 7) is 2.07. The van der Waals surface area contributed by atoms with E-state index in [-0.39, 0.29) is 5.88 Å². The Kier molecular flexibility index (Phi) is 3.94. The minimum absolute atomic E-state index is 0.222. The molecule has 0 unspecified atom stereocenters. The lowest BCUT2D eigenvalue weighted by Crippen LogP contribution is -2.12. The average molecular weight is 264 g/mol. The van der Waals surface area contributed by atoms with Crippen LogP contribution in [-0.4, -0.2) is 26.5 Å². The molecule has 1 aromatic heterocycles. The second kappa shape index (κ2) is 5.64.